The van der Waals surface area contributed by atoms with Crippen molar-refractivity contribution in [3.8, 4) is 33.9 Å². The summed E-state index contributed by atoms with van der Waals surface area (Å²) in [5, 5.41) is 5.40. The number of likely N-dealkylation sites (tertiary alicyclic amines) is 2. The first kappa shape index (κ1) is 46.7. The normalized spacial score (nSPS) is 20.1. The first-order valence-corrected chi connectivity index (χ1v) is 23.5. The predicted molar refractivity (Wildman–Crippen MR) is 254 cm³/mol. The van der Waals surface area contributed by atoms with Crippen molar-refractivity contribution in [2.45, 2.75) is 96.7 Å². The number of hydrogen-bond donors (Lipinski definition) is 3. The highest BCUT2D eigenvalue weighted by molar-refractivity contribution is 6.04. The van der Waals surface area contributed by atoms with Crippen LogP contribution in [0.25, 0.3) is 28.0 Å². The third-order valence-electron chi connectivity index (χ3n) is 13.7. The fraction of sp³-hybridized carbons (Fsp3) is 0.431. The molecule has 4 aromatic rings. The SMILES string of the molecule is COC(=O)N[C@H](C(=O)N1C[C@@H](OC(=O)N2Cc3ccc4c(c3C2)OCO4)C[C@@H]1C1=NC=C(c2ccc(-c3ccc(-c4cnc([C@@H]5CCCN5C(=O)[C@@H](NC(=O)OC)C(C)C)[nH]4)cc3)cc2)C1)C(C)C. The van der Waals surface area contributed by atoms with Crippen LogP contribution in [0.2, 0.25) is 0 Å². The Kier molecular flexibility index (Phi) is 13.3. The van der Waals surface area contributed by atoms with Crippen molar-refractivity contribution in [2.75, 3.05) is 34.1 Å². The Morgan fingerprint density at radius 2 is 1.41 bits per heavy atom. The lowest BCUT2D eigenvalue weighted by molar-refractivity contribution is -0.135. The monoisotopic (exact) mass is 942 g/mol. The van der Waals surface area contributed by atoms with Gasteiger partial charge in [-0.25, -0.2) is 19.4 Å². The van der Waals surface area contributed by atoms with Gasteiger partial charge >= 0.3 is 18.3 Å². The van der Waals surface area contributed by atoms with E-state index >= 15 is 0 Å². The number of aromatic nitrogens is 2. The summed E-state index contributed by atoms with van der Waals surface area (Å²) in [4.78, 5) is 84.1. The van der Waals surface area contributed by atoms with Crippen molar-refractivity contribution >= 4 is 41.4 Å². The first-order valence-electron chi connectivity index (χ1n) is 23.5. The molecule has 5 aliphatic heterocycles. The van der Waals surface area contributed by atoms with Crippen molar-refractivity contribution in [2.24, 2.45) is 16.8 Å². The number of H-pyrrole nitrogens is 1. The molecular weight excluding hydrogens is 885 g/mol. The highest BCUT2D eigenvalue weighted by Gasteiger charge is 2.45. The van der Waals surface area contributed by atoms with E-state index in [9.17, 15) is 24.0 Å². The number of methoxy groups -OCH3 is 2. The molecule has 2 fully saturated rings. The summed E-state index contributed by atoms with van der Waals surface area (Å²) in [6.07, 6.45) is 3.59. The van der Waals surface area contributed by atoms with E-state index in [0.29, 0.717) is 49.8 Å². The van der Waals surface area contributed by atoms with Gasteiger partial charge in [-0.15, -0.1) is 0 Å². The number of carbonyl (C=O) groups is 5. The fourth-order valence-electron chi connectivity index (χ4n) is 9.90. The molecule has 0 saturated carbocycles. The number of aliphatic imine (C=N–C) groups is 1. The standard InChI is InChI=1S/C51H58N8O10/c1-28(2)43(55-49(62)65-5)47(60)58-19-7-8-40(58)46-53-23-39(54-46)33-15-13-31(14-16-33)30-9-11-32(12-10-30)35-20-38(52-22-35)41-21-36(25-59(41)48(61)44(29(3)4)56-50(63)66-6)69-51(64)57-24-34-17-18-42-45(37(34)26-57)68-27-67-42/h9-18,22-23,28-29,36,40-41,43-44H,7-8,19-21,24-27H2,1-6H3,(H,53,54)(H,55,62)(H,56,63)/t36-,40-,41+,43-,44-/m0/s1. The van der Waals surface area contributed by atoms with E-state index < -0.39 is 42.5 Å². The van der Waals surface area contributed by atoms with Gasteiger partial charge in [0.1, 0.15) is 24.0 Å². The van der Waals surface area contributed by atoms with Crippen LogP contribution in [0.4, 0.5) is 14.4 Å². The fourth-order valence-corrected chi connectivity index (χ4v) is 9.90. The number of imidazole rings is 1. The van der Waals surface area contributed by atoms with Crippen molar-refractivity contribution in [1.82, 2.24) is 35.3 Å². The number of nitrogens with one attached hydrogen (secondary N) is 3. The van der Waals surface area contributed by atoms with Gasteiger partial charge in [-0.05, 0) is 64.1 Å². The second-order valence-electron chi connectivity index (χ2n) is 18.7. The van der Waals surface area contributed by atoms with E-state index in [0.717, 1.165) is 63.2 Å². The minimum absolute atomic E-state index is 0.125. The molecule has 0 aliphatic carbocycles. The zero-order valence-corrected chi connectivity index (χ0v) is 39.7. The number of rotatable bonds is 12. The van der Waals surface area contributed by atoms with Crippen LogP contribution in [0.5, 0.6) is 11.5 Å². The predicted octanol–water partition coefficient (Wildman–Crippen LogP) is 7.20. The van der Waals surface area contributed by atoms with Crippen LogP contribution >= 0.6 is 0 Å². The molecule has 362 valence electrons. The summed E-state index contributed by atoms with van der Waals surface area (Å²) in [6, 6.07) is 17.9. The van der Waals surface area contributed by atoms with Gasteiger partial charge in [0.05, 0.1) is 51.3 Å². The van der Waals surface area contributed by atoms with E-state index in [4.69, 9.17) is 28.7 Å². The molecule has 5 amide bonds. The van der Waals surface area contributed by atoms with Gasteiger partial charge in [-0.1, -0.05) is 82.3 Å². The maximum Gasteiger partial charge on any atom is 0.410 e. The summed E-state index contributed by atoms with van der Waals surface area (Å²) >= 11 is 0. The summed E-state index contributed by atoms with van der Waals surface area (Å²) in [6.45, 7) is 9.02. The number of allylic oxidation sites excluding steroid dienone is 1. The van der Waals surface area contributed by atoms with Gasteiger partial charge in [0.2, 0.25) is 18.6 Å². The van der Waals surface area contributed by atoms with Crippen molar-refractivity contribution in [3.05, 3.63) is 95.6 Å². The summed E-state index contributed by atoms with van der Waals surface area (Å²) in [5.74, 6) is 1.18. The van der Waals surface area contributed by atoms with Crippen LogP contribution < -0.4 is 20.1 Å². The molecule has 18 heteroatoms. The minimum Gasteiger partial charge on any atom is -0.454 e. The van der Waals surface area contributed by atoms with Crippen molar-refractivity contribution < 1.29 is 47.7 Å². The molecule has 69 heavy (non-hydrogen) atoms. The lowest BCUT2D eigenvalue weighted by atomic mass is 9.95. The Morgan fingerprint density at radius 1 is 0.768 bits per heavy atom. The average molecular weight is 943 g/mol. The third-order valence-corrected chi connectivity index (χ3v) is 13.7. The van der Waals surface area contributed by atoms with E-state index in [1.54, 1.807) is 20.9 Å². The first-order chi connectivity index (χ1) is 33.3. The van der Waals surface area contributed by atoms with E-state index in [1.165, 1.54) is 14.2 Å². The molecule has 5 atom stereocenters. The quantitative estimate of drug-likeness (QED) is 0.121. The van der Waals surface area contributed by atoms with E-state index in [-0.39, 0.29) is 43.0 Å². The van der Waals surface area contributed by atoms with Gasteiger partial charge in [-0.2, -0.15) is 0 Å². The van der Waals surface area contributed by atoms with Crippen LogP contribution in [0, 0.1) is 11.8 Å². The Labute approximate surface area is 400 Å². The molecule has 0 spiro atoms. The lowest BCUT2D eigenvalue weighted by Crippen LogP contribution is -2.53. The highest BCUT2D eigenvalue weighted by atomic mass is 16.7. The Balaban J connectivity index is 0.846. The van der Waals surface area contributed by atoms with Gasteiger partial charge < -0.3 is 49.1 Å². The molecule has 0 unspecified atom stereocenters. The zero-order chi connectivity index (χ0) is 48.5. The second kappa shape index (κ2) is 19.7. The Morgan fingerprint density at radius 3 is 2.06 bits per heavy atom. The maximum atomic E-state index is 14.3. The molecule has 2 saturated heterocycles. The summed E-state index contributed by atoms with van der Waals surface area (Å²) < 4.78 is 27.0. The lowest BCUT2D eigenvalue weighted by Gasteiger charge is -2.30. The average Bonchev–Trinajstić information content (AvgIpc) is 4.22. The molecule has 18 nitrogen and oxygen atoms in total. The van der Waals surface area contributed by atoms with E-state index in [2.05, 4.69) is 57.0 Å². The van der Waals surface area contributed by atoms with Crippen LogP contribution in [0.3, 0.4) is 0 Å². The summed E-state index contributed by atoms with van der Waals surface area (Å²) in [7, 11) is 2.54. The van der Waals surface area contributed by atoms with Crippen LogP contribution in [-0.4, -0.2) is 119 Å². The molecule has 6 heterocycles. The number of alkyl carbamates (subject to hydrolysis) is 2. The number of ether oxygens (including phenoxy) is 5. The number of carbonyl (C=O) groups excluding carboxylic acids is 5. The zero-order valence-electron chi connectivity index (χ0n) is 39.7. The highest BCUT2D eigenvalue weighted by Crippen LogP contribution is 2.42. The summed E-state index contributed by atoms with van der Waals surface area (Å²) in [5.41, 5.74) is 8.44. The molecular formula is C51H58N8O10. The van der Waals surface area contributed by atoms with Gasteiger partial charge in [-0.3, -0.25) is 19.5 Å². The van der Waals surface area contributed by atoms with Gasteiger partial charge in [0.15, 0.2) is 11.5 Å². The Hall–Kier alpha value is -7.37. The van der Waals surface area contributed by atoms with Crippen LogP contribution in [0.1, 0.15) is 81.9 Å². The van der Waals surface area contributed by atoms with Crippen molar-refractivity contribution in [1.29, 1.82) is 0 Å². The number of amides is 5. The smallest absolute Gasteiger partial charge is 0.410 e. The van der Waals surface area contributed by atoms with E-state index in [1.807, 2.05) is 58.2 Å². The van der Waals surface area contributed by atoms with Crippen molar-refractivity contribution in [3.63, 3.8) is 0 Å². The molecule has 0 bridgehead atoms. The Bertz CT molecular complexity index is 2680. The molecule has 3 N–H and O–H groups in total. The number of hydrogen-bond acceptors (Lipinski definition) is 12. The van der Waals surface area contributed by atoms with Crippen LogP contribution in [0.15, 0.2) is 78.1 Å². The van der Waals surface area contributed by atoms with Crippen LogP contribution in [-0.2, 0) is 36.9 Å². The van der Waals surface area contributed by atoms with Gasteiger partial charge in [0, 0.05) is 43.4 Å². The van der Waals surface area contributed by atoms with Gasteiger partial charge in [0.25, 0.3) is 0 Å². The molecule has 3 aromatic carbocycles. The minimum atomic E-state index is -0.873. The second-order valence-corrected chi connectivity index (χ2v) is 18.7. The molecule has 1 aromatic heterocycles. The molecule has 5 aliphatic rings. The largest absolute Gasteiger partial charge is 0.454 e. The number of benzene rings is 3. The number of aromatic amines is 1. The number of nitrogens with zero attached hydrogens (tertiary/aromatic N) is 5. The third kappa shape index (κ3) is 9.56. The topological polar surface area (TPSA) is 206 Å². The molecule has 0 radical (unpaired) electrons. The number of fused-ring (bicyclic) bond motifs is 3. The maximum absolute atomic E-state index is 14.3. The molecule has 9 rings (SSSR count).